The van der Waals surface area contributed by atoms with E-state index < -0.39 is 12.2 Å². The lowest BCUT2D eigenvalue weighted by atomic mass is 10.1. The molecule has 1 aliphatic heterocycles. The zero-order valence-corrected chi connectivity index (χ0v) is 7.41. The minimum atomic E-state index is -4.27. The first-order chi connectivity index (χ1) is 6.48. The molecule has 0 fully saturated rings. The summed E-state index contributed by atoms with van der Waals surface area (Å²) in [4.78, 5) is 3.71. The number of anilines is 1. The third kappa shape index (κ3) is 1.42. The van der Waals surface area contributed by atoms with Crippen molar-refractivity contribution in [1.82, 2.24) is 14.8 Å². The van der Waals surface area contributed by atoms with Crippen molar-refractivity contribution in [2.24, 2.45) is 0 Å². The molecule has 7 heteroatoms. The number of aromatic nitrogens is 3. The van der Waals surface area contributed by atoms with Crippen LogP contribution in [0.3, 0.4) is 0 Å². The second-order valence-electron chi connectivity index (χ2n) is 3.37. The minimum absolute atomic E-state index is 0.0140. The van der Waals surface area contributed by atoms with Crippen LogP contribution in [0.15, 0.2) is 6.33 Å². The highest BCUT2D eigenvalue weighted by Crippen LogP contribution is 2.37. The van der Waals surface area contributed by atoms with Crippen LogP contribution in [0.2, 0.25) is 0 Å². The second-order valence-corrected chi connectivity index (χ2v) is 3.37. The summed E-state index contributed by atoms with van der Waals surface area (Å²) in [6.45, 7) is 1.69. The van der Waals surface area contributed by atoms with Crippen LogP contribution in [-0.4, -0.2) is 27.0 Å². The predicted molar refractivity (Wildman–Crippen MR) is 42.8 cm³/mol. The van der Waals surface area contributed by atoms with E-state index in [-0.39, 0.29) is 18.4 Å². The number of fused-ring (bicyclic) bond motifs is 1. The lowest BCUT2D eigenvalue weighted by molar-refractivity contribution is -0.173. The van der Waals surface area contributed by atoms with Crippen molar-refractivity contribution in [1.29, 1.82) is 0 Å². The van der Waals surface area contributed by atoms with E-state index >= 15 is 0 Å². The van der Waals surface area contributed by atoms with Gasteiger partial charge in [-0.1, -0.05) is 0 Å². The normalized spacial score (nSPS) is 26.9. The Morgan fingerprint density at radius 3 is 2.93 bits per heavy atom. The highest BCUT2D eigenvalue weighted by Gasteiger charge is 2.45. The van der Waals surface area contributed by atoms with Gasteiger partial charge in [0.25, 0.3) is 0 Å². The van der Waals surface area contributed by atoms with Gasteiger partial charge in [-0.2, -0.15) is 23.3 Å². The molecule has 4 nitrogen and oxygen atoms in total. The largest absolute Gasteiger partial charge is 0.411 e. The van der Waals surface area contributed by atoms with Gasteiger partial charge in [-0.15, -0.1) is 0 Å². The van der Waals surface area contributed by atoms with Crippen LogP contribution in [0.1, 0.15) is 19.4 Å². The Morgan fingerprint density at radius 2 is 2.29 bits per heavy atom. The maximum absolute atomic E-state index is 12.6. The third-order valence-corrected chi connectivity index (χ3v) is 2.20. The first-order valence-corrected chi connectivity index (χ1v) is 4.21. The zero-order valence-electron chi connectivity index (χ0n) is 7.41. The van der Waals surface area contributed by atoms with Crippen molar-refractivity contribution in [3.63, 3.8) is 0 Å². The van der Waals surface area contributed by atoms with Crippen LogP contribution in [0.5, 0.6) is 0 Å². The zero-order chi connectivity index (χ0) is 10.3. The summed E-state index contributed by atoms with van der Waals surface area (Å²) in [5.74, 6) is 0.186. The molecule has 14 heavy (non-hydrogen) atoms. The molecule has 2 rings (SSSR count). The summed E-state index contributed by atoms with van der Waals surface area (Å²) in [7, 11) is 0. The van der Waals surface area contributed by atoms with E-state index in [2.05, 4.69) is 15.4 Å². The van der Waals surface area contributed by atoms with Gasteiger partial charge in [0.15, 0.2) is 6.04 Å². The standard InChI is InChI=1S/C7H9F3N4/c1-4-2-5(7(8,9)10)14-6(13-4)11-3-12-14/h3-5H,2H2,1H3,(H,11,12,13)/t4-,5-/m1/s1. The molecule has 1 aromatic heterocycles. The number of halogens is 3. The molecule has 1 N–H and O–H groups in total. The fourth-order valence-corrected chi connectivity index (χ4v) is 1.57. The van der Waals surface area contributed by atoms with Crippen LogP contribution in [0.25, 0.3) is 0 Å². The van der Waals surface area contributed by atoms with Gasteiger partial charge in [-0.25, -0.2) is 4.68 Å². The molecule has 1 aliphatic rings. The van der Waals surface area contributed by atoms with Crippen molar-refractivity contribution >= 4 is 5.95 Å². The number of alkyl halides is 3. The van der Waals surface area contributed by atoms with E-state index in [0.717, 1.165) is 11.0 Å². The van der Waals surface area contributed by atoms with E-state index in [4.69, 9.17) is 0 Å². The molecular weight excluding hydrogens is 197 g/mol. The van der Waals surface area contributed by atoms with Gasteiger partial charge in [-0.3, -0.25) is 0 Å². The molecule has 0 aromatic carbocycles. The molecule has 0 saturated heterocycles. The lowest BCUT2D eigenvalue weighted by Gasteiger charge is -2.30. The fraction of sp³-hybridized carbons (Fsp3) is 0.714. The number of rotatable bonds is 0. The molecule has 0 unspecified atom stereocenters. The van der Waals surface area contributed by atoms with Gasteiger partial charge in [0.05, 0.1) is 0 Å². The van der Waals surface area contributed by atoms with Gasteiger partial charge in [0.2, 0.25) is 5.95 Å². The lowest BCUT2D eigenvalue weighted by Crippen LogP contribution is -2.38. The van der Waals surface area contributed by atoms with Crippen LogP contribution < -0.4 is 5.32 Å². The van der Waals surface area contributed by atoms with E-state index in [0.29, 0.717) is 0 Å². The summed E-state index contributed by atoms with van der Waals surface area (Å²) < 4.78 is 38.6. The van der Waals surface area contributed by atoms with Crippen LogP contribution >= 0.6 is 0 Å². The maximum Gasteiger partial charge on any atom is 0.411 e. The Bertz CT molecular complexity index is 332. The Hall–Kier alpha value is -1.27. The van der Waals surface area contributed by atoms with Crippen molar-refractivity contribution in [3.05, 3.63) is 6.33 Å². The smallest absolute Gasteiger partial charge is 0.352 e. The molecule has 0 saturated carbocycles. The van der Waals surface area contributed by atoms with Gasteiger partial charge in [-0.05, 0) is 13.3 Å². The van der Waals surface area contributed by atoms with Crippen molar-refractivity contribution < 1.29 is 13.2 Å². The quantitative estimate of drug-likeness (QED) is 0.700. The molecule has 1 aromatic rings. The number of hydrogen-bond donors (Lipinski definition) is 1. The van der Waals surface area contributed by atoms with Gasteiger partial charge in [0.1, 0.15) is 6.33 Å². The first kappa shape index (κ1) is 9.29. The summed E-state index contributed by atoms with van der Waals surface area (Å²) in [5, 5.41) is 6.39. The number of nitrogens with one attached hydrogen (secondary N) is 1. The Balaban J connectivity index is 2.37. The maximum atomic E-state index is 12.6. The second kappa shape index (κ2) is 2.86. The van der Waals surface area contributed by atoms with Crippen molar-refractivity contribution in [3.8, 4) is 0 Å². The molecule has 2 atom stereocenters. The molecular formula is C7H9F3N4. The predicted octanol–water partition coefficient (Wildman–Crippen LogP) is 1.59. The topological polar surface area (TPSA) is 42.7 Å². The van der Waals surface area contributed by atoms with E-state index in [1.165, 1.54) is 0 Å². The average molecular weight is 206 g/mol. The first-order valence-electron chi connectivity index (χ1n) is 4.21. The van der Waals surface area contributed by atoms with Crippen LogP contribution in [-0.2, 0) is 0 Å². The molecule has 0 bridgehead atoms. The van der Waals surface area contributed by atoms with Gasteiger partial charge >= 0.3 is 6.18 Å². The van der Waals surface area contributed by atoms with Gasteiger partial charge < -0.3 is 5.32 Å². The SMILES string of the molecule is C[C@@H]1C[C@H](C(F)(F)F)n2ncnc2N1. The highest BCUT2D eigenvalue weighted by molar-refractivity contribution is 5.28. The van der Waals surface area contributed by atoms with E-state index in [1.807, 2.05) is 0 Å². The number of nitrogens with zero attached hydrogens (tertiary/aromatic N) is 3. The molecule has 0 radical (unpaired) electrons. The molecule has 0 spiro atoms. The van der Waals surface area contributed by atoms with Gasteiger partial charge in [0, 0.05) is 6.04 Å². The highest BCUT2D eigenvalue weighted by atomic mass is 19.4. The molecule has 0 amide bonds. The average Bonchev–Trinajstić information content (AvgIpc) is 2.47. The Kier molecular flexibility index (Phi) is 1.90. The summed E-state index contributed by atoms with van der Waals surface area (Å²) in [5.41, 5.74) is 0. The summed E-state index contributed by atoms with van der Waals surface area (Å²) in [6.07, 6.45) is -3.15. The van der Waals surface area contributed by atoms with Crippen molar-refractivity contribution in [2.45, 2.75) is 31.6 Å². The number of hydrogen-bond acceptors (Lipinski definition) is 3. The minimum Gasteiger partial charge on any atom is -0.352 e. The summed E-state index contributed by atoms with van der Waals surface area (Å²) in [6, 6.07) is -1.80. The van der Waals surface area contributed by atoms with Crippen LogP contribution in [0, 0.1) is 0 Å². The molecule has 2 heterocycles. The van der Waals surface area contributed by atoms with Crippen LogP contribution in [0.4, 0.5) is 19.1 Å². The Morgan fingerprint density at radius 1 is 1.57 bits per heavy atom. The van der Waals surface area contributed by atoms with Crippen molar-refractivity contribution in [2.75, 3.05) is 5.32 Å². The fourth-order valence-electron chi connectivity index (χ4n) is 1.57. The third-order valence-electron chi connectivity index (χ3n) is 2.20. The van der Waals surface area contributed by atoms with E-state index in [1.54, 1.807) is 6.92 Å². The summed E-state index contributed by atoms with van der Waals surface area (Å²) >= 11 is 0. The molecule has 0 aliphatic carbocycles. The monoisotopic (exact) mass is 206 g/mol. The van der Waals surface area contributed by atoms with E-state index in [9.17, 15) is 13.2 Å². The molecule has 78 valence electrons. The Labute approximate surface area is 78.1 Å².